The van der Waals surface area contributed by atoms with Crippen LogP contribution in [0.15, 0.2) is 35.7 Å². The van der Waals surface area contributed by atoms with Gasteiger partial charge >= 0.3 is 0 Å². The maximum absolute atomic E-state index is 10.0. The largest absolute Gasteiger partial charge is 0.506 e. The van der Waals surface area contributed by atoms with E-state index >= 15 is 0 Å². The summed E-state index contributed by atoms with van der Waals surface area (Å²) in [6.07, 6.45) is 4.12. The third kappa shape index (κ3) is 4.40. The van der Waals surface area contributed by atoms with Gasteiger partial charge in [0.1, 0.15) is 5.75 Å². The maximum atomic E-state index is 10.0. The monoisotopic (exact) mass is 371 g/mol. The number of nitrogens with zero attached hydrogens (tertiary/aromatic N) is 3. The molecule has 3 heterocycles. The number of benzene rings is 1. The van der Waals surface area contributed by atoms with E-state index in [0.29, 0.717) is 5.75 Å². The van der Waals surface area contributed by atoms with Crippen molar-refractivity contribution in [2.24, 2.45) is 0 Å². The Morgan fingerprint density at radius 1 is 0.846 bits per heavy atom. The van der Waals surface area contributed by atoms with Crippen LogP contribution in [0.3, 0.4) is 0 Å². The Morgan fingerprint density at radius 3 is 2.35 bits per heavy atom. The summed E-state index contributed by atoms with van der Waals surface area (Å²) < 4.78 is 0. The van der Waals surface area contributed by atoms with Crippen molar-refractivity contribution in [2.75, 3.05) is 44.2 Å². The van der Waals surface area contributed by atoms with Crippen molar-refractivity contribution in [1.82, 2.24) is 9.80 Å². The second-order valence-electron chi connectivity index (χ2n) is 7.51. The van der Waals surface area contributed by atoms with Crippen LogP contribution in [-0.4, -0.2) is 54.2 Å². The Morgan fingerprint density at radius 2 is 1.58 bits per heavy atom. The van der Waals surface area contributed by atoms with Crippen LogP contribution in [0.4, 0.5) is 5.69 Å². The van der Waals surface area contributed by atoms with Gasteiger partial charge in [0.15, 0.2) is 0 Å². The predicted octanol–water partition coefficient (Wildman–Crippen LogP) is 3.76. The molecule has 140 valence electrons. The van der Waals surface area contributed by atoms with E-state index < -0.39 is 0 Å². The van der Waals surface area contributed by atoms with Crippen LogP contribution in [0.2, 0.25) is 0 Å². The minimum atomic E-state index is 0.390. The normalized spacial score (nSPS) is 19.8. The van der Waals surface area contributed by atoms with Crippen molar-refractivity contribution in [3.63, 3.8) is 0 Å². The minimum Gasteiger partial charge on any atom is -0.506 e. The Hall–Kier alpha value is -1.56. The molecule has 0 spiro atoms. The molecule has 2 fully saturated rings. The number of hydrogen-bond donors (Lipinski definition) is 1. The van der Waals surface area contributed by atoms with Gasteiger partial charge in [0.05, 0.1) is 5.69 Å². The van der Waals surface area contributed by atoms with E-state index in [1.54, 1.807) is 6.07 Å². The summed E-state index contributed by atoms with van der Waals surface area (Å²) >= 11 is 1.91. The van der Waals surface area contributed by atoms with Gasteiger partial charge in [-0.05, 0) is 55.1 Å². The Kier molecular flexibility index (Phi) is 5.78. The van der Waals surface area contributed by atoms with Crippen molar-refractivity contribution < 1.29 is 5.11 Å². The summed E-state index contributed by atoms with van der Waals surface area (Å²) in [4.78, 5) is 8.91. The highest BCUT2D eigenvalue weighted by molar-refractivity contribution is 7.10. The number of rotatable bonds is 5. The number of phenolic OH excluding ortho intramolecular Hbond substituents is 1. The molecule has 4 rings (SSSR count). The first-order valence-corrected chi connectivity index (χ1v) is 10.7. The molecule has 5 heteroatoms. The van der Waals surface area contributed by atoms with Crippen molar-refractivity contribution in [3.8, 4) is 5.75 Å². The van der Waals surface area contributed by atoms with Gasteiger partial charge in [0.25, 0.3) is 0 Å². The highest BCUT2D eigenvalue weighted by Crippen LogP contribution is 2.28. The number of piperidine rings is 1. The quantitative estimate of drug-likeness (QED) is 0.867. The fourth-order valence-electron chi connectivity index (χ4n) is 4.07. The van der Waals surface area contributed by atoms with E-state index in [9.17, 15) is 5.11 Å². The molecular formula is C21H29N3OS. The zero-order chi connectivity index (χ0) is 17.8. The second kappa shape index (κ2) is 8.42. The summed E-state index contributed by atoms with van der Waals surface area (Å²) in [6.45, 7) is 8.75. The molecular weight excluding hydrogens is 342 g/mol. The molecule has 0 aliphatic carbocycles. The Balaban J connectivity index is 1.27. The van der Waals surface area contributed by atoms with Crippen LogP contribution in [0.5, 0.6) is 5.75 Å². The fourth-order valence-corrected chi connectivity index (χ4v) is 4.99. The van der Waals surface area contributed by atoms with Crippen LogP contribution in [0, 0.1) is 0 Å². The van der Waals surface area contributed by atoms with Gasteiger partial charge in [0.2, 0.25) is 0 Å². The Bertz CT molecular complexity index is 703. The summed E-state index contributed by atoms with van der Waals surface area (Å²) in [7, 11) is 0. The lowest BCUT2D eigenvalue weighted by molar-refractivity contribution is 0.221. The van der Waals surface area contributed by atoms with Gasteiger partial charge in [-0.25, -0.2) is 0 Å². The molecule has 0 atom stereocenters. The molecule has 0 bridgehead atoms. The topological polar surface area (TPSA) is 30.0 Å². The highest BCUT2D eigenvalue weighted by Gasteiger charge is 2.20. The number of para-hydroxylation sites is 2. The zero-order valence-corrected chi connectivity index (χ0v) is 16.3. The van der Waals surface area contributed by atoms with Crippen LogP contribution in [0.1, 0.15) is 29.7 Å². The molecule has 1 N–H and O–H groups in total. The first-order valence-electron chi connectivity index (χ1n) is 9.82. The first-order chi connectivity index (χ1) is 12.8. The number of likely N-dealkylation sites (tertiary alicyclic amines) is 1. The number of thiophene rings is 1. The maximum Gasteiger partial charge on any atom is 0.138 e. The Labute approximate surface area is 160 Å². The van der Waals surface area contributed by atoms with Crippen LogP contribution < -0.4 is 4.90 Å². The van der Waals surface area contributed by atoms with E-state index in [0.717, 1.165) is 45.0 Å². The summed E-state index contributed by atoms with van der Waals surface area (Å²) in [5, 5.41) is 12.4. The zero-order valence-electron chi connectivity index (χ0n) is 15.4. The molecule has 4 nitrogen and oxygen atoms in total. The molecule has 1 aromatic carbocycles. The summed E-state index contributed by atoms with van der Waals surface area (Å²) in [5.74, 6) is 0.390. The molecule has 0 saturated carbocycles. The van der Waals surface area contributed by atoms with Gasteiger partial charge in [-0.2, -0.15) is 0 Å². The van der Waals surface area contributed by atoms with Gasteiger partial charge in [-0.15, -0.1) is 11.3 Å². The fraction of sp³-hybridized carbons (Fsp3) is 0.524. The smallest absolute Gasteiger partial charge is 0.138 e. The number of phenols is 1. The molecule has 2 aromatic rings. The van der Waals surface area contributed by atoms with Gasteiger partial charge in [-0.1, -0.05) is 18.6 Å². The average Bonchev–Trinajstić information content (AvgIpc) is 3.10. The molecule has 2 saturated heterocycles. The molecule has 0 unspecified atom stereocenters. The van der Waals surface area contributed by atoms with Crippen molar-refractivity contribution in [2.45, 2.75) is 32.4 Å². The third-order valence-electron chi connectivity index (χ3n) is 5.54. The van der Waals surface area contributed by atoms with Crippen LogP contribution in [-0.2, 0) is 13.1 Å². The second-order valence-corrected chi connectivity index (χ2v) is 8.51. The molecule has 1 aromatic heterocycles. The van der Waals surface area contributed by atoms with Crippen molar-refractivity contribution in [1.29, 1.82) is 0 Å². The lowest BCUT2D eigenvalue weighted by atomic mass is 10.1. The molecule has 0 radical (unpaired) electrons. The highest BCUT2D eigenvalue weighted by atomic mass is 32.1. The number of piperazine rings is 1. The van der Waals surface area contributed by atoms with Gasteiger partial charge in [-0.3, -0.25) is 9.80 Å². The van der Waals surface area contributed by atoms with E-state index in [2.05, 4.69) is 26.1 Å². The summed E-state index contributed by atoms with van der Waals surface area (Å²) in [6, 6.07) is 10.1. The van der Waals surface area contributed by atoms with E-state index in [-0.39, 0.29) is 0 Å². The van der Waals surface area contributed by atoms with Gasteiger partial charge in [0, 0.05) is 44.1 Å². The van der Waals surface area contributed by atoms with Crippen molar-refractivity contribution >= 4 is 17.0 Å². The molecule has 2 aliphatic rings. The minimum absolute atomic E-state index is 0.390. The first kappa shape index (κ1) is 17.8. The number of anilines is 1. The van der Waals surface area contributed by atoms with E-state index in [1.807, 2.05) is 29.5 Å². The van der Waals surface area contributed by atoms with Crippen molar-refractivity contribution in [3.05, 3.63) is 46.2 Å². The van der Waals surface area contributed by atoms with E-state index in [4.69, 9.17) is 0 Å². The molecule has 0 amide bonds. The van der Waals surface area contributed by atoms with Gasteiger partial charge < -0.3 is 10.0 Å². The SMILES string of the molecule is Oc1ccccc1N1CCN(Cc2cc(CN3CCCCC3)cs2)CC1. The number of hydrogen-bond acceptors (Lipinski definition) is 5. The van der Waals surface area contributed by atoms with Crippen LogP contribution >= 0.6 is 11.3 Å². The molecule has 26 heavy (non-hydrogen) atoms. The summed E-state index contributed by atoms with van der Waals surface area (Å²) in [5.41, 5.74) is 2.45. The lowest BCUT2D eigenvalue weighted by Gasteiger charge is -2.36. The average molecular weight is 372 g/mol. The molecule has 2 aliphatic heterocycles. The standard InChI is InChI=1S/C21H29N3OS/c25-21-7-3-2-6-20(21)24-12-10-23(11-13-24)16-19-14-18(17-26-19)15-22-8-4-1-5-9-22/h2-3,6-7,14,17,25H,1,4-5,8-13,15-16H2. The third-order valence-corrected chi connectivity index (χ3v) is 6.51. The van der Waals surface area contributed by atoms with E-state index in [1.165, 1.54) is 42.8 Å². The lowest BCUT2D eigenvalue weighted by Crippen LogP contribution is -2.45. The predicted molar refractivity (Wildman–Crippen MR) is 109 cm³/mol. The number of aromatic hydroxyl groups is 1. The van der Waals surface area contributed by atoms with Crippen LogP contribution in [0.25, 0.3) is 0 Å².